The summed E-state index contributed by atoms with van der Waals surface area (Å²) in [5, 5.41) is 0. The normalized spacial score (nSPS) is 32.9. The predicted molar refractivity (Wildman–Crippen MR) is 90.2 cm³/mol. The maximum absolute atomic E-state index is 5.90. The largest absolute Gasteiger partial charge is 0.352 e. The highest BCUT2D eigenvalue weighted by molar-refractivity contribution is 5.38. The molecule has 0 atom stereocenters. The SMILES string of the molecule is Cc1cc(C2CCC(C3OCC(C)CO3)CC2)cc(C)c1C. The molecule has 0 bridgehead atoms. The van der Waals surface area contributed by atoms with Gasteiger partial charge < -0.3 is 9.47 Å². The van der Waals surface area contributed by atoms with Crippen LogP contribution >= 0.6 is 0 Å². The van der Waals surface area contributed by atoms with Crippen molar-refractivity contribution in [3.8, 4) is 0 Å². The first-order valence-corrected chi connectivity index (χ1v) is 8.85. The van der Waals surface area contributed by atoms with Gasteiger partial charge in [-0.25, -0.2) is 0 Å². The van der Waals surface area contributed by atoms with Crippen LogP contribution in [0.2, 0.25) is 0 Å². The Morgan fingerprint density at radius 3 is 1.95 bits per heavy atom. The topological polar surface area (TPSA) is 18.5 Å². The molecule has 0 radical (unpaired) electrons. The third-order valence-corrected chi connectivity index (χ3v) is 5.67. The van der Waals surface area contributed by atoms with Crippen LogP contribution in [0, 0.1) is 32.6 Å². The molecule has 2 aliphatic rings. The lowest BCUT2D eigenvalue weighted by atomic mass is 9.77. The van der Waals surface area contributed by atoms with E-state index in [2.05, 4.69) is 39.8 Å². The molecule has 0 N–H and O–H groups in total. The van der Waals surface area contributed by atoms with Gasteiger partial charge in [0.2, 0.25) is 0 Å². The maximum Gasteiger partial charge on any atom is 0.160 e. The number of benzene rings is 1. The van der Waals surface area contributed by atoms with Gasteiger partial charge in [-0.1, -0.05) is 19.1 Å². The van der Waals surface area contributed by atoms with Crippen molar-refractivity contribution in [2.24, 2.45) is 11.8 Å². The number of rotatable bonds is 2. The fraction of sp³-hybridized carbons (Fsp3) is 0.700. The fourth-order valence-electron chi connectivity index (χ4n) is 3.92. The summed E-state index contributed by atoms with van der Waals surface area (Å²) in [4.78, 5) is 0. The van der Waals surface area contributed by atoms with Crippen LogP contribution in [-0.2, 0) is 9.47 Å². The van der Waals surface area contributed by atoms with E-state index in [-0.39, 0.29) is 6.29 Å². The fourth-order valence-corrected chi connectivity index (χ4v) is 3.92. The quantitative estimate of drug-likeness (QED) is 0.774. The minimum Gasteiger partial charge on any atom is -0.352 e. The Morgan fingerprint density at radius 2 is 1.41 bits per heavy atom. The third kappa shape index (κ3) is 3.38. The van der Waals surface area contributed by atoms with E-state index in [0.717, 1.165) is 19.1 Å². The lowest BCUT2D eigenvalue weighted by molar-refractivity contribution is -0.226. The van der Waals surface area contributed by atoms with Gasteiger partial charge in [0.15, 0.2) is 6.29 Å². The van der Waals surface area contributed by atoms with Crippen LogP contribution in [0.3, 0.4) is 0 Å². The van der Waals surface area contributed by atoms with Gasteiger partial charge in [-0.2, -0.15) is 0 Å². The summed E-state index contributed by atoms with van der Waals surface area (Å²) in [5.41, 5.74) is 5.85. The van der Waals surface area contributed by atoms with Crippen molar-refractivity contribution in [1.29, 1.82) is 0 Å². The Kier molecular flexibility index (Phi) is 4.89. The third-order valence-electron chi connectivity index (χ3n) is 5.67. The molecule has 1 saturated carbocycles. The molecule has 0 amide bonds. The Hall–Kier alpha value is -0.860. The summed E-state index contributed by atoms with van der Waals surface area (Å²) < 4.78 is 11.8. The smallest absolute Gasteiger partial charge is 0.160 e. The zero-order valence-corrected chi connectivity index (χ0v) is 14.5. The minimum atomic E-state index is 0.0543. The average molecular weight is 302 g/mol. The van der Waals surface area contributed by atoms with E-state index in [1.165, 1.54) is 47.9 Å². The van der Waals surface area contributed by atoms with Crippen LogP contribution in [-0.4, -0.2) is 19.5 Å². The zero-order chi connectivity index (χ0) is 15.7. The van der Waals surface area contributed by atoms with Crippen molar-refractivity contribution in [3.63, 3.8) is 0 Å². The second kappa shape index (κ2) is 6.72. The Balaban J connectivity index is 1.60. The first-order chi connectivity index (χ1) is 10.5. The van der Waals surface area contributed by atoms with Crippen LogP contribution in [0.5, 0.6) is 0 Å². The Morgan fingerprint density at radius 1 is 0.864 bits per heavy atom. The number of hydrogen-bond acceptors (Lipinski definition) is 2. The maximum atomic E-state index is 5.90. The van der Waals surface area contributed by atoms with Crippen LogP contribution in [0.4, 0.5) is 0 Å². The van der Waals surface area contributed by atoms with Crippen molar-refractivity contribution in [2.45, 2.75) is 65.6 Å². The molecule has 22 heavy (non-hydrogen) atoms. The second-order valence-corrected chi connectivity index (χ2v) is 7.53. The lowest BCUT2D eigenvalue weighted by Crippen LogP contribution is -2.37. The lowest BCUT2D eigenvalue weighted by Gasteiger charge is -2.37. The van der Waals surface area contributed by atoms with Crippen LogP contribution in [0.25, 0.3) is 0 Å². The monoisotopic (exact) mass is 302 g/mol. The Bertz CT molecular complexity index is 483. The molecule has 0 spiro atoms. The summed E-state index contributed by atoms with van der Waals surface area (Å²) in [5.74, 6) is 1.86. The first kappa shape index (κ1) is 16.0. The summed E-state index contributed by atoms with van der Waals surface area (Å²) in [7, 11) is 0. The second-order valence-electron chi connectivity index (χ2n) is 7.53. The highest BCUT2D eigenvalue weighted by atomic mass is 16.7. The van der Waals surface area contributed by atoms with Crippen LogP contribution in [0.15, 0.2) is 12.1 Å². The van der Waals surface area contributed by atoms with E-state index in [1.807, 2.05) is 0 Å². The summed E-state index contributed by atoms with van der Waals surface area (Å²) >= 11 is 0. The van der Waals surface area contributed by atoms with Gasteiger partial charge in [-0.15, -0.1) is 0 Å². The van der Waals surface area contributed by atoms with Crippen LogP contribution < -0.4 is 0 Å². The van der Waals surface area contributed by atoms with Gasteiger partial charge in [-0.05, 0) is 74.6 Å². The van der Waals surface area contributed by atoms with E-state index in [1.54, 1.807) is 0 Å². The number of ether oxygens (including phenoxy) is 2. The standard InChI is InChI=1S/C20H30O2/c1-13-11-21-20(22-12-13)18-7-5-17(6-8-18)19-9-14(2)16(4)15(3)10-19/h9-10,13,17-18,20H,5-8,11-12H2,1-4H3. The van der Waals surface area contributed by atoms with Crippen LogP contribution in [0.1, 0.15) is 60.8 Å². The van der Waals surface area contributed by atoms with Crippen molar-refractivity contribution in [1.82, 2.24) is 0 Å². The summed E-state index contributed by atoms with van der Waals surface area (Å²) in [6.07, 6.45) is 5.06. The van der Waals surface area contributed by atoms with E-state index in [9.17, 15) is 0 Å². The highest BCUT2D eigenvalue weighted by Crippen LogP contribution is 2.39. The van der Waals surface area contributed by atoms with Crippen molar-refractivity contribution in [2.75, 3.05) is 13.2 Å². The molecule has 0 aromatic heterocycles. The average Bonchev–Trinajstić information content (AvgIpc) is 2.53. The highest BCUT2D eigenvalue weighted by Gasteiger charge is 2.32. The van der Waals surface area contributed by atoms with Crippen molar-refractivity contribution >= 4 is 0 Å². The number of hydrogen-bond donors (Lipinski definition) is 0. The van der Waals surface area contributed by atoms with Crippen molar-refractivity contribution in [3.05, 3.63) is 34.4 Å². The first-order valence-electron chi connectivity index (χ1n) is 8.85. The molecule has 3 rings (SSSR count). The molecule has 1 aliphatic heterocycles. The van der Waals surface area contributed by atoms with Gasteiger partial charge in [0.25, 0.3) is 0 Å². The molecule has 2 fully saturated rings. The molecule has 1 aliphatic carbocycles. The molecule has 1 aromatic rings. The molecule has 122 valence electrons. The summed E-state index contributed by atoms with van der Waals surface area (Å²) in [6, 6.07) is 4.81. The molecule has 1 aromatic carbocycles. The zero-order valence-electron chi connectivity index (χ0n) is 14.5. The molecule has 1 heterocycles. The molecular formula is C20H30O2. The van der Waals surface area contributed by atoms with Gasteiger partial charge in [0, 0.05) is 11.8 Å². The van der Waals surface area contributed by atoms with E-state index in [0.29, 0.717) is 11.8 Å². The van der Waals surface area contributed by atoms with E-state index in [4.69, 9.17) is 9.47 Å². The van der Waals surface area contributed by atoms with Gasteiger partial charge >= 0.3 is 0 Å². The molecular weight excluding hydrogens is 272 g/mol. The predicted octanol–water partition coefficient (Wildman–Crippen LogP) is 4.89. The van der Waals surface area contributed by atoms with Crippen molar-refractivity contribution < 1.29 is 9.47 Å². The minimum absolute atomic E-state index is 0.0543. The summed E-state index contributed by atoms with van der Waals surface area (Å²) in [6.45, 7) is 10.6. The van der Waals surface area contributed by atoms with Gasteiger partial charge in [-0.3, -0.25) is 0 Å². The molecule has 2 nitrogen and oxygen atoms in total. The molecule has 0 unspecified atom stereocenters. The molecule has 1 saturated heterocycles. The van der Waals surface area contributed by atoms with Gasteiger partial charge in [0.05, 0.1) is 13.2 Å². The Labute approximate surface area is 135 Å². The molecule has 2 heteroatoms. The van der Waals surface area contributed by atoms with E-state index < -0.39 is 0 Å². The number of aryl methyl sites for hydroxylation is 2. The van der Waals surface area contributed by atoms with Gasteiger partial charge in [0.1, 0.15) is 0 Å². The van der Waals surface area contributed by atoms with E-state index >= 15 is 0 Å².